The number of rotatable bonds is 4. The maximum atomic E-state index is 2.36. The Bertz CT molecular complexity index is 297. The Kier molecular flexibility index (Phi) is 4.01. The first kappa shape index (κ1) is 10.5. The van der Waals surface area contributed by atoms with Gasteiger partial charge >= 0.3 is 0 Å². The molecule has 1 atom stereocenters. The summed E-state index contributed by atoms with van der Waals surface area (Å²) in [7, 11) is 0. The van der Waals surface area contributed by atoms with Crippen molar-refractivity contribution in [2.45, 2.75) is 38.5 Å². The fourth-order valence-corrected chi connectivity index (χ4v) is 2.36. The van der Waals surface area contributed by atoms with Gasteiger partial charge in [-0.15, -0.1) is 0 Å². The van der Waals surface area contributed by atoms with Gasteiger partial charge in [0.05, 0.1) is 0 Å². The van der Waals surface area contributed by atoms with E-state index < -0.39 is 0 Å². The molecule has 15 heavy (non-hydrogen) atoms. The van der Waals surface area contributed by atoms with Crippen LogP contribution in [0.5, 0.6) is 0 Å². The van der Waals surface area contributed by atoms with Crippen LogP contribution in [0.2, 0.25) is 0 Å². The Morgan fingerprint density at radius 1 is 1.07 bits per heavy atom. The Balaban J connectivity index is 1.68. The van der Waals surface area contributed by atoms with E-state index in [1.807, 2.05) is 0 Å². The molecule has 0 amide bonds. The lowest BCUT2D eigenvalue weighted by atomic mass is 9.89. The van der Waals surface area contributed by atoms with Gasteiger partial charge in [0, 0.05) is 0 Å². The number of allylic oxidation sites excluding steroid dienone is 2. The average Bonchev–Trinajstić information content (AvgIpc) is 2.32. The SMILES string of the molecule is C1=CCC(CCCc2ccccc2)CC1. The maximum Gasteiger partial charge on any atom is -0.0279 e. The van der Waals surface area contributed by atoms with Crippen LogP contribution in [0.25, 0.3) is 0 Å². The summed E-state index contributed by atoms with van der Waals surface area (Å²) in [6, 6.07) is 10.8. The molecule has 0 saturated carbocycles. The Morgan fingerprint density at radius 2 is 1.93 bits per heavy atom. The van der Waals surface area contributed by atoms with E-state index in [2.05, 4.69) is 42.5 Å². The summed E-state index contributed by atoms with van der Waals surface area (Å²) in [5.41, 5.74) is 1.49. The predicted molar refractivity (Wildman–Crippen MR) is 65.9 cm³/mol. The van der Waals surface area contributed by atoms with Gasteiger partial charge in [0.1, 0.15) is 0 Å². The third-order valence-electron chi connectivity index (χ3n) is 3.30. The minimum absolute atomic E-state index is 0.957. The van der Waals surface area contributed by atoms with Gasteiger partial charge in [0.25, 0.3) is 0 Å². The van der Waals surface area contributed by atoms with Crippen molar-refractivity contribution in [3.63, 3.8) is 0 Å². The van der Waals surface area contributed by atoms with Gasteiger partial charge in [-0.05, 0) is 50.0 Å². The van der Waals surface area contributed by atoms with Gasteiger partial charge in [-0.3, -0.25) is 0 Å². The van der Waals surface area contributed by atoms with Crippen molar-refractivity contribution >= 4 is 0 Å². The molecular formula is C15H20. The lowest BCUT2D eigenvalue weighted by Crippen LogP contribution is -2.02. The molecule has 80 valence electrons. The zero-order chi connectivity index (χ0) is 10.3. The summed E-state index contributed by atoms with van der Waals surface area (Å²) < 4.78 is 0. The topological polar surface area (TPSA) is 0 Å². The molecule has 0 N–H and O–H groups in total. The fraction of sp³-hybridized carbons (Fsp3) is 0.467. The monoisotopic (exact) mass is 200 g/mol. The summed E-state index contributed by atoms with van der Waals surface area (Å²) in [6.45, 7) is 0. The van der Waals surface area contributed by atoms with Gasteiger partial charge in [0.15, 0.2) is 0 Å². The van der Waals surface area contributed by atoms with E-state index in [1.54, 1.807) is 0 Å². The van der Waals surface area contributed by atoms with Crippen molar-refractivity contribution in [3.8, 4) is 0 Å². The molecule has 0 fully saturated rings. The van der Waals surface area contributed by atoms with E-state index in [1.165, 1.54) is 44.1 Å². The molecule has 0 bridgehead atoms. The van der Waals surface area contributed by atoms with Crippen LogP contribution in [0.15, 0.2) is 42.5 Å². The van der Waals surface area contributed by atoms with E-state index in [4.69, 9.17) is 0 Å². The molecule has 1 aromatic carbocycles. The van der Waals surface area contributed by atoms with Crippen LogP contribution in [0.3, 0.4) is 0 Å². The molecule has 1 unspecified atom stereocenters. The number of hydrogen-bond donors (Lipinski definition) is 0. The third-order valence-corrected chi connectivity index (χ3v) is 3.30. The Morgan fingerprint density at radius 3 is 2.67 bits per heavy atom. The average molecular weight is 200 g/mol. The zero-order valence-electron chi connectivity index (χ0n) is 9.36. The van der Waals surface area contributed by atoms with Crippen molar-refractivity contribution in [3.05, 3.63) is 48.0 Å². The third kappa shape index (κ3) is 3.54. The van der Waals surface area contributed by atoms with Crippen LogP contribution in [0.4, 0.5) is 0 Å². The van der Waals surface area contributed by atoms with Crippen LogP contribution in [-0.4, -0.2) is 0 Å². The minimum Gasteiger partial charge on any atom is -0.0885 e. The van der Waals surface area contributed by atoms with Gasteiger partial charge in [-0.2, -0.15) is 0 Å². The summed E-state index contributed by atoms with van der Waals surface area (Å²) in [5, 5.41) is 0. The summed E-state index contributed by atoms with van der Waals surface area (Å²) in [6.07, 6.45) is 12.7. The maximum absolute atomic E-state index is 2.36. The van der Waals surface area contributed by atoms with E-state index >= 15 is 0 Å². The molecular weight excluding hydrogens is 180 g/mol. The molecule has 0 heteroatoms. The molecule has 0 heterocycles. The lowest BCUT2D eigenvalue weighted by molar-refractivity contribution is 0.432. The second-order valence-corrected chi connectivity index (χ2v) is 4.53. The van der Waals surface area contributed by atoms with Crippen molar-refractivity contribution in [1.29, 1.82) is 0 Å². The van der Waals surface area contributed by atoms with E-state index in [-0.39, 0.29) is 0 Å². The molecule has 0 radical (unpaired) electrons. The molecule has 1 aliphatic carbocycles. The number of aryl methyl sites for hydroxylation is 1. The van der Waals surface area contributed by atoms with E-state index in [0.29, 0.717) is 0 Å². The molecule has 0 saturated heterocycles. The quantitative estimate of drug-likeness (QED) is 0.633. The Labute approximate surface area is 93.0 Å². The number of benzene rings is 1. The standard InChI is InChI=1S/C15H20/c1-3-8-14(9-4-1)12-7-13-15-10-5-2-6-11-15/h1-5,8-9,15H,6-7,10-13H2. The molecule has 1 aliphatic rings. The molecule has 0 nitrogen and oxygen atoms in total. The largest absolute Gasteiger partial charge is 0.0885 e. The first-order chi connectivity index (χ1) is 7.45. The van der Waals surface area contributed by atoms with Gasteiger partial charge in [0.2, 0.25) is 0 Å². The summed E-state index contributed by atoms with van der Waals surface area (Å²) in [5.74, 6) is 0.957. The molecule has 0 aromatic heterocycles. The van der Waals surface area contributed by atoms with Crippen LogP contribution in [0.1, 0.15) is 37.7 Å². The molecule has 0 spiro atoms. The van der Waals surface area contributed by atoms with Crippen LogP contribution >= 0.6 is 0 Å². The molecule has 0 aliphatic heterocycles. The smallest absolute Gasteiger partial charge is 0.0279 e. The highest BCUT2D eigenvalue weighted by molar-refractivity contribution is 5.14. The zero-order valence-corrected chi connectivity index (χ0v) is 9.36. The van der Waals surface area contributed by atoms with Gasteiger partial charge in [-0.1, -0.05) is 42.5 Å². The molecule has 1 aromatic rings. The van der Waals surface area contributed by atoms with Gasteiger partial charge in [-0.25, -0.2) is 0 Å². The second kappa shape index (κ2) is 5.75. The number of hydrogen-bond acceptors (Lipinski definition) is 0. The summed E-state index contributed by atoms with van der Waals surface area (Å²) >= 11 is 0. The highest BCUT2D eigenvalue weighted by Crippen LogP contribution is 2.23. The minimum atomic E-state index is 0.957. The predicted octanol–water partition coefficient (Wildman–Crippen LogP) is 4.37. The Hall–Kier alpha value is -1.04. The normalized spacial score (nSPS) is 20.4. The molecule has 2 rings (SSSR count). The highest BCUT2D eigenvalue weighted by Gasteiger charge is 2.08. The lowest BCUT2D eigenvalue weighted by Gasteiger charge is -2.17. The van der Waals surface area contributed by atoms with Crippen molar-refractivity contribution in [1.82, 2.24) is 0 Å². The van der Waals surface area contributed by atoms with E-state index in [9.17, 15) is 0 Å². The van der Waals surface area contributed by atoms with Crippen LogP contribution < -0.4 is 0 Å². The van der Waals surface area contributed by atoms with Crippen molar-refractivity contribution < 1.29 is 0 Å². The summed E-state index contributed by atoms with van der Waals surface area (Å²) in [4.78, 5) is 0. The second-order valence-electron chi connectivity index (χ2n) is 4.53. The van der Waals surface area contributed by atoms with Crippen LogP contribution in [0, 0.1) is 5.92 Å². The van der Waals surface area contributed by atoms with Gasteiger partial charge < -0.3 is 0 Å². The fourth-order valence-electron chi connectivity index (χ4n) is 2.36. The van der Waals surface area contributed by atoms with E-state index in [0.717, 1.165) is 5.92 Å². The van der Waals surface area contributed by atoms with Crippen molar-refractivity contribution in [2.75, 3.05) is 0 Å². The van der Waals surface area contributed by atoms with Crippen molar-refractivity contribution in [2.24, 2.45) is 5.92 Å². The van der Waals surface area contributed by atoms with Crippen LogP contribution in [-0.2, 0) is 6.42 Å². The first-order valence-corrected chi connectivity index (χ1v) is 6.14. The first-order valence-electron chi connectivity index (χ1n) is 6.14. The highest BCUT2D eigenvalue weighted by atomic mass is 14.1.